The fourth-order valence-electron chi connectivity index (χ4n) is 1.43. The second kappa shape index (κ2) is 5.18. The van der Waals surface area contributed by atoms with Crippen molar-refractivity contribution in [1.29, 1.82) is 0 Å². The smallest absolute Gasteiger partial charge is 0.406 e. The first-order valence-electron chi connectivity index (χ1n) is 5.42. The zero-order valence-corrected chi connectivity index (χ0v) is 10.8. The fourth-order valence-corrected chi connectivity index (χ4v) is 2.36. The quantitative estimate of drug-likeness (QED) is 0.936. The average Bonchev–Trinajstić information content (AvgIpc) is 2.77. The molecule has 1 unspecified atom stereocenters. The van der Waals surface area contributed by atoms with Crippen LogP contribution in [-0.4, -0.2) is 11.3 Å². The Balaban J connectivity index is 2.17. The largest absolute Gasteiger partial charge is 0.573 e. The Bertz CT molecular complexity index is 549. The summed E-state index contributed by atoms with van der Waals surface area (Å²) in [7, 11) is 0. The van der Waals surface area contributed by atoms with Gasteiger partial charge in [-0.1, -0.05) is 0 Å². The van der Waals surface area contributed by atoms with Crippen LogP contribution in [-0.2, 0) is 0 Å². The van der Waals surface area contributed by atoms with Crippen LogP contribution in [0.1, 0.15) is 18.7 Å². The first-order chi connectivity index (χ1) is 8.85. The van der Waals surface area contributed by atoms with E-state index in [1.807, 2.05) is 12.3 Å². The van der Waals surface area contributed by atoms with E-state index in [-0.39, 0.29) is 11.8 Å². The van der Waals surface area contributed by atoms with Crippen molar-refractivity contribution in [3.8, 4) is 16.3 Å². The van der Waals surface area contributed by atoms with E-state index < -0.39 is 6.36 Å². The molecule has 0 radical (unpaired) electrons. The molecule has 1 aromatic carbocycles. The second-order valence-electron chi connectivity index (χ2n) is 3.94. The number of halogens is 3. The molecule has 0 fully saturated rings. The topological polar surface area (TPSA) is 48.1 Å². The summed E-state index contributed by atoms with van der Waals surface area (Å²) in [6.45, 7) is 1.82. The van der Waals surface area contributed by atoms with Crippen molar-refractivity contribution in [2.45, 2.75) is 19.3 Å². The number of alkyl halides is 3. The zero-order valence-electron chi connectivity index (χ0n) is 9.94. The standard InChI is InChI=1S/C12H11F3N2OS/c1-7(16)10-6-19-11(17-10)8-2-4-9(5-3-8)18-12(13,14)15/h2-7H,16H2,1H3. The molecular formula is C12H11F3N2OS. The summed E-state index contributed by atoms with van der Waals surface area (Å²) < 4.78 is 39.8. The lowest BCUT2D eigenvalue weighted by atomic mass is 10.2. The molecule has 0 aliphatic carbocycles. The lowest BCUT2D eigenvalue weighted by Crippen LogP contribution is -2.16. The highest BCUT2D eigenvalue weighted by Gasteiger charge is 2.30. The molecule has 102 valence electrons. The van der Waals surface area contributed by atoms with Gasteiger partial charge in [0.1, 0.15) is 10.8 Å². The number of hydrogen-bond donors (Lipinski definition) is 1. The average molecular weight is 288 g/mol. The van der Waals surface area contributed by atoms with Crippen molar-refractivity contribution in [2.75, 3.05) is 0 Å². The van der Waals surface area contributed by atoms with Crippen molar-refractivity contribution in [3.05, 3.63) is 35.3 Å². The number of hydrogen-bond acceptors (Lipinski definition) is 4. The second-order valence-corrected chi connectivity index (χ2v) is 4.80. The fraction of sp³-hybridized carbons (Fsp3) is 0.250. The molecule has 1 aromatic heterocycles. The molecule has 0 aliphatic heterocycles. The maximum absolute atomic E-state index is 12.0. The minimum absolute atomic E-state index is 0.169. The zero-order chi connectivity index (χ0) is 14.0. The van der Waals surface area contributed by atoms with Gasteiger partial charge in [0, 0.05) is 17.0 Å². The predicted molar refractivity (Wildman–Crippen MR) is 66.8 cm³/mol. The SMILES string of the molecule is CC(N)c1csc(-c2ccc(OC(F)(F)F)cc2)n1. The Morgan fingerprint density at radius 2 is 1.89 bits per heavy atom. The highest BCUT2D eigenvalue weighted by Crippen LogP contribution is 2.29. The van der Waals surface area contributed by atoms with Gasteiger partial charge in [0.05, 0.1) is 5.69 Å². The van der Waals surface area contributed by atoms with Gasteiger partial charge < -0.3 is 10.5 Å². The van der Waals surface area contributed by atoms with Gasteiger partial charge in [-0.2, -0.15) is 0 Å². The van der Waals surface area contributed by atoms with E-state index in [0.29, 0.717) is 5.01 Å². The molecule has 0 bridgehead atoms. The summed E-state index contributed by atoms with van der Waals surface area (Å²) in [4.78, 5) is 4.31. The number of ether oxygens (including phenoxy) is 1. The van der Waals surface area contributed by atoms with E-state index >= 15 is 0 Å². The molecule has 1 atom stereocenters. The Kier molecular flexibility index (Phi) is 3.77. The Morgan fingerprint density at radius 1 is 1.26 bits per heavy atom. The van der Waals surface area contributed by atoms with Crippen molar-refractivity contribution < 1.29 is 17.9 Å². The Labute approximate surface area is 111 Å². The molecule has 1 heterocycles. The molecule has 0 amide bonds. The summed E-state index contributed by atoms with van der Waals surface area (Å²) in [6.07, 6.45) is -4.68. The Hall–Kier alpha value is -1.60. The van der Waals surface area contributed by atoms with Crippen LogP contribution in [0.15, 0.2) is 29.6 Å². The molecule has 0 spiro atoms. The van der Waals surface area contributed by atoms with Gasteiger partial charge in [-0.05, 0) is 31.2 Å². The summed E-state index contributed by atoms with van der Waals surface area (Å²) in [5.41, 5.74) is 7.19. The van der Waals surface area contributed by atoms with Crippen LogP contribution in [0.3, 0.4) is 0 Å². The van der Waals surface area contributed by atoms with Gasteiger partial charge in [-0.3, -0.25) is 0 Å². The van der Waals surface area contributed by atoms with E-state index in [0.717, 1.165) is 11.3 Å². The van der Waals surface area contributed by atoms with E-state index in [1.165, 1.54) is 35.6 Å². The van der Waals surface area contributed by atoms with E-state index in [9.17, 15) is 13.2 Å². The molecular weight excluding hydrogens is 277 g/mol. The van der Waals surface area contributed by atoms with Crippen LogP contribution >= 0.6 is 11.3 Å². The molecule has 0 saturated carbocycles. The van der Waals surface area contributed by atoms with Gasteiger partial charge in [0.25, 0.3) is 0 Å². The summed E-state index contributed by atoms with van der Waals surface area (Å²) in [6, 6.07) is 5.42. The van der Waals surface area contributed by atoms with Crippen LogP contribution in [0.5, 0.6) is 5.75 Å². The third-order valence-electron chi connectivity index (χ3n) is 2.32. The van der Waals surface area contributed by atoms with Crippen molar-refractivity contribution in [2.24, 2.45) is 5.73 Å². The third kappa shape index (κ3) is 3.68. The van der Waals surface area contributed by atoms with Crippen LogP contribution < -0.4 is 10.5 Å². The van der Waals surface area contributed by atoms with Crippen molar-refractivity contribution in [3.63, 3.8) is 0 Å². The van der Waals surface area contributed by atoms with Crippen LogP contribution in [0.2, 0.25) is 0 Å². The van der Waals surface area contributed by atoms with Crippen LogP contribution in [0.25, 0.3) is 10.6 Å². The van der Waals surface area contributed by atoms with Gasteiger partial charge in [-0.25, -0.2) is 4.98 Å². The molecule has 2 N–H and O–H groups in total. The number of nitrogens with two attached hydrogens (primary N) is 1. The third-order valence-corrected chi connectivity index (χ3v) is 3.23. The number of benzene rings is 1. The van der Waals surface area contributed by atoms with Crippen LogP contribution in [0, 0.1) is 0 Å². The maximum Gasteiger partial charge on any atom is 0.573 e. The highest BCUT2D eigenvalue weighted by molar-refractivity contribution is 7.13. The summed E-state index contributed by atoms with van der Waals surface area (Å²) >= 11 is 1.40. The van der Waals surface area contributed by atoms with Gasteiger partial charge >= 0.3 is 6.36 Å². The van der Waals surface area contributed by atoms with E-state index in [2.05, 4.69) is 9.72 Å². The first kappa shape index (κ1) is 13.8. The van der Waals surface area contributed by atoms with Crippen molar-refractivity contribution >= 4 is 11.3 Å². The summed E-state index contributed by atoms with van der Waals surface area (Å²) in [5.74, 6) is -0.250. The number of nitrogens with zero attached hydrogens (tertiary/aromatic N) is 1. The Morgan fingerprint density at radius 3 is 2.37 bits per heavy atom. The number of thiazole rings is 1. The lowest BCUT2D eigenvalue weighted by Gasteiger charge is -2.08. The van der Waals surface area contributed by atoms with E-state index in [4.69, 9.17) is 5.73 Å². The monoisotopic (exact) mass is 288 g/mol. The summed E-state index contributed by atoms with van der Waals surface area (Å²) in [5, 5.41) is 2.55. The van der Waals surface area contributed by atoms with Crippen LogP contribution in [0.4, 0.5) is 13.2 Å². The highest BCUT2D eigenvalue weighted by atomic mass is 32.1. The predicted octanol–water partition coefficient (Wildman–Crippen LogP) is 3.73. The molecule has 7 heteroatoms. The van der Waals surface area contributed by atoms with E-state index in [1.54, 1.807) is 0 Å². The minimum atomic E-state index is -4.68. The number of rotatable bonds is 3. The van der Waals surface area contributed by atoms with Gasteiger partial charge in [0.15, 0.2) is 0 Å². The molecule has 2 rings (SSSR count). The van der Waals surface area contributed by atoms with Crippen molar-refractivity contribution in [1.82, 2.24) is 4.98 Å². The molecule has 19 heavy (non-hydrogen) atoms. The molecule has 0 aliphatic rings. The van der Waals surface area contributed by atoms with Gasteiger partial charge in [-0.15, -0.1) is 24.5 Å². The first-order valence-corrected chi connectivity index (χ1v) is 6.30. The normalized spacial score (nSPS) is 13.3. The number of aromatic nitrogens is 1. The van der Waals surface area contributed by atoms with Gasteiger partial charge in [0.2, 0.25) is 0 Å². The maximum atomic E-state index is 12.0. The molecule has 0 saturated heterocycles. The molecule has 2 aromatic rings. The minimum Gasteiger partial charge on any atom is -0.406 e. The molecule has 3 nitrogen and oxygen atoms in total. The lowest BCUT2D eigenvalue weighted by molar-refractivity contribution is -0.274.